The third kappa shape index (κ3) is 14.0. The molecule has 124 valence electrons. The van der Waals surface area contributed by atoms with Gasteiger partial charge in [-0.15, -0.1) is 0 Å². The Hall–Kier alpha value is 0.610. The van der Waals surface area contributed by atoms with Crippen LogP contribution in [0.1, 0.15) is 13.8 Å². The van der Waals surface area contributed by atoms with Crippen molar-refractivity contribution < 1.29 is 4.79 Å². The van der Waals surface area contributed by atoms with Crippen LogP contribution in [-0.2, 0) is 4.79 Å². The normalized spacial score (nSPS) is 10.6. The van der Waals surface area contributed by atoms with Crippen LogP contribution >= 0.6 is 47.0 Å². The van der Waals surface area contributed by atoms with Crippen molar-refractivity contribution in [1.29, 1.82) is 0 Å². The molecular formula is C15H29NOS4. The molecule has 0 atom stereocenters. The van der Waals surface area contributed by atoms with E-state index in [1.807, 2.05) is 51.9 Å². The number of thioether (sulfide) groups is 4. The van der Waals surface area contributed by atoms with Crippen molar-refractivity contribution in [3.05, 3.63) is 12.7 Å². The predicted molar refractivity (Wildman–Crippen MR) is 107 cm³/mol. The van der Waals surface area contributed by atoms with Crippen LogP contribution in [0.5, 0.6) is 0 Å². The summed E-state index contributed by atoms with van der Waals surface area (Å²) in [5.74, 6) is 9.28. The lowest BCUT2D eigenvalue weighted by Crippen LogP contribution is -2.33. The first kappa shape index (κ1) is 21.6. The van der Waals surface area contributed by atoms with Gasteiger partial charge in [-0.1, -0.05) is 20.4 Å². The molecule has 6 heteroatoms. The van der Waals surface area contributed by atoms with E-state index in [0.717, 1.165) is 24.6 Å². The second-order valence-electron chi connectivity index (χ2n) is 4.15. The average Bonchev–Trinajstić information content (AvgIpc) is 2.51. The van der Waals surface area contributed by atoms with E-state index in [4.69, 9.17) is 0 Å². The highest BCUT2D eigenvalue weighted by molar-refractivity contribution is 8.03. The highest BCUT2D eigenvalue weighted by Crippen LogP contribution is 2.09. The van der Waals surface area contributed by atoms with Gasteiger partial charge in [0.2, 0.25) is 5.91 Å². The van der Waals surface area contributed by atoms with Gasteiger partial charge in [-0.3, -0.25) is 4.79 Å². The zero-order valence-corrected chi connectivity index (χ0v) is 16.6. The topological polar surface area (TPSA) is 20.3 Å². The van der Waals surface area contributed by atoms with Gasteiger partial charge in [0.05, 0.1) is 0 Å². The van der Waals surface area contributed by atoms with E-state index in [0.29, 0.717) is 0 Å². The number of hydrogen-bond donors (Lipinski definition) is 0. The summed E-state index contributed by atoms with van der Waals surface area (Å²) < 4.78 is 0. The minimum Gasteiger partial charge on any atom is -0.338 e. The molecule has 0 aliphatic carbocycles. The Kier molecular flexibility index (Phi) is 17.5. The molecule has 0 heterocycles. The van der Waals surface area contributed by atoms with Gasteiger partial charge < -0.3 is 4.90 Å². The van der Waals surface area contributed by atoms with Gasteiger partial charge in [-0.2, -0.15) is 47.0 Å². The maximum atomic E-state index is 11.8. The molecule has 0 aliphatic rings. The maximum absolute atomic E-state index is 11.8. The van der Waals surface area contributed by atoms with Crippen LogP contribution in [0.15, 0.2) is 12.7 Å². The fraction of sp³-hybridized carbons (Fsp3) is 0.800. The Bertz CT molecular complexity index is 248. The van der Waals surface area contributed by atoms with Gasteiger partial charge >= 0.3 is 0 Å². The molecule has 0 saturated carbocycles. The Balaban J connectivity index is 3.72. The molecule has 0 aromatic rings. The number of carbonyl (C=O) groups excluding carboxylic acids is 1. The van der Waals surface area contributed by atoms with Crippen molar-refractivity contribution in [2.75, 3.05) is 59.1 Å². The van der Waals surface area contributed by atoms with E-state index in [9.17, 15) is 4.79 Å². The summed E-state index contributed by atoms with van der Waals surface area (Å²) in [4.78, 5) is 13.8. The van der Waals surface area contributed by atoms with Crippen molar-refractivity contribution in [3.8, 4) is 0 Å². The predicted octanol–water partition coefficient (Wildman–Crippen LogP) is 3.97. The van der Waals surface area contributed by atoms with E-state index in [2.05, 4.69) is 20.4 Å². The van der Waals surface area contributed by atoms with Crippen molar-refractivity contribution >= 4 is 53.0 Å². The third-order valence-electron chi connectivity index (χ3n) is 2.65. The van der Waals surface area contributed by atoms with Crippen LogP contribution < -0.4 is 0 Å². The first-order valence-electron chi connectivity index (χ1n) is 7.48. The smallest absolute Gasteiger partial charge is 0.246 e. The molecule has 0 rings (SSSR count). The molecule has 0 N–H and O–H groups in total. The van der Waals surface area contributed by atoms with Gasteiger partial charge in [-0.05, 0) is 17.6 Å². The zero-order chi connectivity index (χ0) is 15.8. The highest BCUT2D eigenvalue weighted by atomic mass is 32.2. The Morgan fingerprint density at radius 3 is 1.67 bits per heavy atom. The first-order chi connectivity index (χ1) is 10.3. The van der Waals surface area contributed by atoms with Gasteiger partial charge in [-0.25, -0.2) is 0 Å². The monoisotopic (exact) mass is 367 g/mol. The van der Waals surface area contributed by atoms with Crippen LogP contribution in [0.25, 0.3) is 0 Å². The Labute approximate surface area is 148 Å². The van der Waals surface area contributed by atoms with Crippen molar-refractivity contribution in [2.45, 2.75) is 13.8 Å². The molecule has 0 aromatic carbocycles. The molecular weight excluding hydrogens is 338 g/mol. The molecule has 1 amide bonds. The summed E-state index contributed by atoms with van der Waals surface area (Å²) in [7, 11) is 0. The summed E-state index contributed by atoms with van der Waals surface area (Å²) in [6.45, 7) is 9.68. The largest absolute Gasteiger partial charge is 0.338 e. The quantitative estimate of drug-likeness (QED) is 0.321. The minimum atomic E-state index is 0.0714. The van der Waals surface area contributed by atoms with Crippen molar-refractivity contribution in [1.82, 2.24) is 4.90 Å². The van der Waals surface area contributed by atoms with E-state index in [1.54, 1.807) is 0 Å². The lowest BCUT2D eigenvalue weighted by atomic mass is 10.4. The van der Waals surface area contributed by atoms with Crippen LogP contribution in [0.3, 0.4) is 0 Å². The van der Waals surface area contributed by atoms with E-state index >= 15 is 0 Å². The number of hydrogen-bond acceptors (Lipinski definition) is 5. The van der Waals surface area contributed by atoms with E-state index in [-0.39, 0.29) is 5.91 Å². The van der Waals surface area contributed by atoms with Gasteiger partial charge in [0.25, 0.3) is 0 Å². The molecule has 0 spiro atoms. The summed E-state index contributed by atoms with van der Waals surface area (Å²) in [5.41, 5.74) is 0. The molecule has 0 bridgehead atoms. The molecule has 2 nitrogen and oxygen atoms in total. The minimum absolute atomic E-state index is 0.0714. The Morgan fingerprint density at radius 2 is 1.29 bits per heavy atom. The average molecular weight is 368 g/mol. The maximum Gasteiger partial charge on any atom is 0.246 e. The number of amides is 1. The standard InChI is InChI=1S/C15H29NOS4/c1-4-15(17)16(7-9-20-13-11-18-5-2)8-10-21-14-12-19-6-3/h4H,1,5-14H2,2-3H3. The fourth-order valence-electron chi connectivity index (χ4n) is 1.54. The highest BCUT2D eigenvalue weighted by Gasteiger charge is 2.09. The summed E-state index contributed by atoms with van der Waals surface area (Å²) in [5, 5.41) is 0. The SMILES string of the molecule is C=CC(=O)N(CCSCCSCC)CCSCCSCC. The zero-order valence-electron chi connectivity index (χ0n) is 13.3. The second-order valence-corrected chi connectivity index (χ2v) is 9.39. The molecule has 21 heavy (non-hydrogen) atoms. The summed E-state index contributed by atoms with van der Waals surface area (Å²) >= 11 is 7.84. The molecule has 0 aromatic heterocycles. The molecule has 0 fully saturated rings. The lowest BCUT2D eigenvalue weighted by Gasteiger charge is -2.20. The number of carbonyl (C=O) groups is 1. The second kappa shape index (κ2) is 17.0. The van der Waals surface area contributed by atoms with Gasteiger partial charge in [0.15, 0.2) is 0 Å². The fourth-order valence-corrected chi connectivity index (χ4v) is 5.11. The van der Waals surface area contributed by atoms with E-state index in [1.165, 1.54) is 40.6 Å². The lowest BCUT2D eigenvalue weighted by molar-refractivity contribution is -0.125. The third-order valence-corrected chi connectivity index (χ3v) is 6.90. The van der Waals surface area contributed by atoms with Crippen LogP contribution in [-0.4, -0.2) is 69.9 Å². The van der Waals surface area contributed by atoms with Crippen LogP contribution in [0.4, 0.5) is 0 Å². The number of rotatable bonds is 15. The molecule has 0 saturated heterocycles. The Morgan fingerprint density at radius 1 is 0.857 bits per heavy atom. The summed E-state index contributed by atoms with van der Waals surface area (Å²) in [6, 6.07) is 0. The first-order valence-corrected chi connectivity index (χ1v) is 12.1. The van der Waals surface area contributed by atoms with Gasteiger partial charge in [0.1, 0.15) is 0 Å². The van der Waals surface area contributed by atoms with Crippen LogP contribution in [0, 0.1) is 0 Å². The van der Waals surface area contributed by atoms with E-state index < -0.39 is 0 Å². The van der Waals surface area contributed by atoms with Crippen molar-refractivity contribution in [2.24, 2.45) is 0 Å². The molecule has 0 aliphatic heterocycles. The molecule has 0 radical (unpaired) electrons. The molecule has 0 unspecified atom stereocenters. The van der Waals surface area contributed by atoms with Crippen molar-refractivity contribution in [3.63, 3.8) is 0 Å². The van der Waals surface area contributed by atoms with Crippen LogP contribution in [0.2, 0.25) is 0 Å². The number of nitrogens with zero attached hydrogens (tertiary/aromatic N) is 1. The summed E-state index contributed by atoms with van der Waals surface area (Å²) in [6.07, 6.45) is 1.44. The van der Waals surface area contributed by atoms with Gasteiger partial charge in [0, 0.05) is 47.6 Å².